The Hall–Kier alpha value is -3.33. The van der Waals surface area contributed by atoms with Gasteiger partial charge in [0.1, 0.15) is 17.3 Å². The van der Waals surface area contributed by atoms with Crippen LogP contribution in [0.2, 0.25) is 5.02 Å². The average Bonchev–Trinajstić information content (AvgIpc) is 2.84. The molecule has 180 valence electrons. The molecule has 2 aliphatic rings. The van der Waals surface area contributed by atoms with Gasteiger partial charge in [0.15, 0.2) is 12.7 Å². The summed E-state index contributed by atoms with van der Waals surface area (Å²) in [6.45, 7) is 0.950. The summed E-state index contributed by atoms with van der Waals surface area (Å²) in [4.78, 5) is 25.9. The lowest BCUT2D eigenvalue weighted by Crippen LogP contribution is -2.51. The third kappa shape index (κ3) is 5.25. The lowest BCUT2D eigenvalue weighted by Gasteiger charge is -2.41. The number of primary amides is 1. The normalized spacial score (nSPS) is 18.8. The molecule has 10 heteroatoms. The minimum absolute atomic E-state index is 0.145. The minimum atomic E-state index is -0.734. The minimum Gasteiger partial charge on any atom is -0.482 e. The molecule has 0 aliphatic carbocycles. The molecule has 1 fully saturated rings. The number of nitrogens with one attached hydrogen (secondary N) is 2. The number of nitrogens with zero attached hydrogens (tertiary/aromatic N) is 1. The third-order valence-corrected chi connectivity index (χ3v) is 6.57. The van der Waals surface area contributed by atoms with Crippen molar-refractivity contribution in [3.63, 3.8) is 0 Å². The van der Waals surface area contributed by atoms with E-state index in [1.807, 2.05) is 0 Å². The van der Waals surface area contributed by atoms with Gasteiger partial charge in [0, 0.05) is 30.8 Å². The van der Waals surface area contributed by atoms with E-state index in [4.69, 9.17) is 32.2 Å². The number of carbonyl (C=O) groups excluding carboxylic acids is 2. The van der Waals surface area contributed by atoms with Crippen LogP contribution in [-0.2, 0) is 16.0 Å². The summed E-state index contributed by atoms with van der Waals surface area (Å²) in [7, 11) is 0. The number of halogens is 2. The van der Waals surface area contributed by atoms with Crippen LogP contribution in [0, 0.1) is 16.6 Å². The number of hydrogen-bond acceptors (Lipinski definition) is 6. The second-order valence-electron chi connectivity index (χ2n) is 8.66. The molecular formula is C24H26ClFN4O4. The van der Waals surface area contributed by atoms with E-state index < -0.39 is 12.0 Å². The van der Waals surface area contributed by atoms with Crippen molar-refractivity contribution >= 4 is 35.3 Å². The largest absolute Gasteiger partial charge is 0.482 e. The molecule has 2 heterocycles. The molecule has 2 aromatic rings. The first-order valence-corrected chi connectivity index (χ1v) is 11.4. The van der Waals surface area contributed by atoms with Gasteiger partial charge in [-0.3, -0.25) is 9.59 Å². The summed E-state index contributed by atoms with van der Waals surface area (Å²) >= 11 is 6.19. The Morgan fingerprint density at radius 2 is 2.00 bits per heavy atom. The number of fused-ring (bicyclic) bond motifs is 1. The van der Waals surface area contributed by atoms with Gasteiger partial charge >= 0.3 is 0 Å². The van der Waals surface area contributed by atoms with E-state index in [9.17, 15) is 14.0 Å². The summed E-state index contributed by atoms with van der Waals surface area (Å²) in [5, 5.41) is 11.4. The van der Waals surface area contributed by atoms with Gasteiger partial charge in [-0.15, -0.1) is 0 Å². The number of anilines is 1. The van der Waals surface area contributed by atoms with E-state index >= 15 is 0 Å². The molecule has 0 radical (unpaired) electrons. The summed E-state index contributed by atoms with van der Waals surface area (Å²) in [6, 6.07) is 9.48. The Kier molecular flexibility index (Phi) is 6.92. The molecule has 0 spiro atoms. The summed E-state index contributed by atoms with van der Waals surface area (Å²) in [5.41, 5.74) is 6.35. The van der Waals surface area contributed by atoms with E-state index in [1.165, 1.54) is 24.4 Å². The second kappa shape index (κ2) is 9.89. The highest BCUT2D eigenvalue weighted by molar-refractivity contribution is 6.32. The van der Waals surface area contributed by atoms with Gasteiger partial charge in [0.25, 0.3) is 11.8 Å². The van der Waals surface area contributed by atoms with Crippen molar-refractivity contribution < 1.29 is 23.5 Å². The summed E-state index contributed by atoms with van der Waals surface area (Å²) < 4.78 is 24.5. The number of nitrogens with two attached hydrogens (primary N) is 1. The van der Waals surface area contributed by atoms with Crippen molar-refractivity contribution in [1.82, 2.24) is 4.90 Å². The van der Waals surface area contributed by atoms with Crippen LogP contribution in [0.3, 0.4) is 0 Å². The first kappa shape index (κ1) is 23.8. The number of likely N-dealkylation sites (tertiary alicyclic amines) is 1. The third-order valence-electron chi connectivity index (χ3n) is 6.27. The molecule has 4 rings (SSSR count). The van der Waals surface area contributed by atoms with Crippen LogP contribution in [0.1, 0.15) is 18.4 Å². The fourth-order valence-electron chi connectivity index (χ4n) is 4.32. The lowest BCUT2D eigenvalue weighted by molar-refractivity contribution is -0.140. The van der Waals surface area contributed by atoms with Crippen LogP contribution in [-0.4, -0.2) is 55.3 Å². The quantitative estimate of drug-likeness (QED) is 0.518. The number of piperidine rings is 1. The van der Waals surface area contributed by atoms with Crippen molar-refractivity contribution in [2.75, 3.05) is 31.6 Å². The van der Waals surface area contributed by atoms with Crippen LogP contribution in [0.15, 0.2) is 36.4 Å². The number of amides is 2. The maximum atomic E-state index is 13.2. The highest BCUT2D eigenvalue weighted by Crippen LogP contribution is 2.39. The molecule has 0 aromatic heterocycles. The number of carbonyl (C=O) groups is 2. The molecule has 0 saturated carbocycles. The standard InChI is InChI=1S/C24H26ClFN4O4/c25-17-9-18-20(10-19(17)33-13-22(28)31)34-21(12-29-18)23(32)30-7-5-24(14-27,6-8-30)11-15-1-3-16(26)4-2-15/h1-4,9-10,14,21,27,29H,5-8,11-13H2,(H2,28,31). The summed E-state index contributed by atoms with van der Waals surface area (Å²) in [6.07, 6.45) is 2.63. The topological polar surface area (TPSA) is 118 Å². The zero-order chi connectivity index (χ0) is 24.3. The monoisotopic (exact) mass is 488 g/mol. The highest BCUT2D eigenvalue weighted by Gasteiger charge is 2.38. The summed E-state index contributed by atoms with van der Waals surface area (Å²) in [5.74, 6) is -0.427. The predicted molar refractivity (Wildman–Crippen MR) is 126 cm³/mol. The van der Waals surface area contributed by atoms with Crippen molar-refractivity contribution in [3.05, 3.63) is 52.8 Å². The maximum absolute atomic E-state index is 13.2. The van der Waals surface area contributed by atoms with Gasteiger partial charge in [-0.05, 0) is 43.0 Å². The van der Waals surface area contributed by atoms with Crippen LogP contribution >= 0.6 is 11.6 Å². The molecule has 2 aliphatic heterocycles. The first-order valence-electron chi connectivity index (χ1n) is 11.0. The average molecular weight is 489 g/mol. The zero-order valence-electron chi connectivity index (χ0n) is 18.5. The molecule has 1 atom stereocenters. The number of hydrogen-bond donors (Lipinski definition) is 3. The Bertz CT molecular complexity index is 1090. The zero-order valence-corrected chi connectivity index (χ0v) is 19.2. The van der Waals surface area contributed by atoms with Gasteiger partial charge in [0.2, 0.25) is 0 Å². The molecule has 2 amide bonds. The van der Waals surface area contributed by atoms with E-state index in [1.54, 1.807) is 23.1 Å². The van der Waals surface area contributed by atoms with Crippen LogP contribution in [0.4, 0.5) is 10.1 Å². The van der Waals surface area contributed by atoms with Crippen LogP contribution in [0.25, 0.3) is 0 Å². The van der Waals surface area contributed by atoms with Crippen molar-refractivity contribution in [2.45, 2.75) is 25.4 Å². The molecule has 1 unspecified atom stereocenters. The van der Waals surface area contributed by atoms with E-state index in [2.05, 4.69) is 5.32 Å². The Balaban J connectivity index is 1.39. The molecule has 0 bridgehead atoms. The van der Waals surface area contributed by atoms with Gasteiger partial charge in [-0.1, -0.05) is 23.7 Å². The Morgan fingerprint density at radius 3 is 2.65 bits per heavy atom. The molecular weight excluding hydrogens is 463 g/mol. The number of ether oxygens (including phenoxy) is 2. The molecule has 8 nitrogen and oxygen atoms in total. The van der Waals surface area contributed by atoms with Gasteiger partial charge < -0.3 is 30.8 Å². The predicted octanol–water partition coefficient (Wildman–Crippen LogP) is 3.02. The van der Waals surface area contributed by atoms with Gasteiger partial charge in [-0.2, -0.15) is 0 Å². The molecule has 4 N–H and O–H groups in total. The van der Waals surface area contributed by atoms with Crippen LogP contribution in [0.5, 0.6) is 11.5 Å². The Labute approximate surface area is 201 Å². The number of benzene rings is 2. The fraction of sp³-hybridized carbons (Fsp3) is 0.375. The molecule has 34 heavy (non-hydrogen) atoms. The van der Waals surface area contributed by atoms with Crippen molar-refractivity contribution in [3.8, 4) is 11.5 Å². The van der Waals surface area contributed by atoms with Crippen molar-refractivity contribution in [1.29, 1.82) is 5.41 Å². The fourth-order valence-corrected chi connectivity index (χ4v) is 4.54. The smallest absolute Gasteiger partial charge is 0.265 e. The molecule has 2 aromatic carbocycles. The Morgan fingerprint density at radius 1 is 1.29 bits per heavy atom. The van der Waals surface area contributed by atoms with Crippen LogP contribution < -0.4 is 20.5 Å². The van der Waals surface area contributed by atoms with Crippen molar-refractivity contribution in [2.24, 2.45) is 11.1 Å². The van der Waals surface area contributed by atoms with Gasteiger partial charge in [0.05, 0.1) is 17.3 Å². The number of rotatable bonds is 7. The first-order chi connectivity index (χ1) is 16.3. The van der Waals surface area contributed by atoms with E-state index in [-0.39, 0.29) is 36.0 Å². The SMILES string of the molecule is N=CC1(Cc2ccc(F)cc2)CCN(C(=O)C2CNc3cc(Cl)c(OCC(N)=O)cc3O2)CC1. The highest BCUT2D eigenvalue weighted by atomic mass is 35.5. The molecule has 1 saturated heterocycles. The lowest BCUT2D eigenvalue weighted by atomic mass is 9.74. The van der Waals surface area contributed by atoms with E-state index in [0.29, 0.717) is 48.8 Å². The second-order valence-corrected chi connectivity index (χ2v) is 9.06. The van der Waals surface area contributed by atoms with Gasteiger partial charge in [-0.25, -0.2) is 4.39 Å². The van der Waals surface area contributed by atoms with E-state index in [0.717, 1.165) is 5.56 Å². The maximum Gasteiger partial charge on any atom is 0.265 e.